The number of methoxy groups -OCH3 is 1. The van der Waals surface area contributed by atoms with Crippen LogP contribution in [0.25, 0.3) is 0 Å². The SMILES string of the molecule is COCCNC(=O)c1ccc(NC(=S)NC(=O)c2cccc(C)c2)cc1. The van der Waals surface area contributed by atoms with E-state index >= 15 is 0 Å². The molecular weight excluding hydrogens is 350 g/mol. The molecule has 0 aliphatic heterocycles. The van der Waals surface area contributed by atoms with Gasteiger partial charge in [0.05, 0.1) is 6.61 Å². The first-order valence-electron chi connectivity index (χ1n) is 8.06. The molecule has 2 aromatic rings. The first-order valence-corrected chi connectivity index (χ1v) is 8.46. The smallest absolute Gasteiger partial charge is 0.257 e. The van der Waals surface area contributed by atoms with Gasteiger partial charge in [0.2, 0.25) is 0 Å². The molecule has 0 saturated carbocycles. The van der Waals surface area contributed by atoms with E-state index in [0.717, 1.165) is 5.56 Å². The highest BCUT2D eigenvalue weighted by Crippen LogP contribution is 2.10. The summed E-state index contributed by atoms with van der Waals surface area (Å²) < 4.78 is 4.89. The number of carbonyl (C=O) groups excluding carboxylic acids is 2. The molecule has 6 nitrogen and oxygen atoms in total. The number of benzene rings is 2. The fourth-order valence-corrected chi connectivity index (χ4v) is 2.41. The van der Waals surface area contributed by atoms with Gasteiger partial charge in [0.1, 0.15) is 0 Å². The predicted molar refractivity (Wildman–Crippen MR) is 106 cm³/mol. The summed E-state index contributed by atoms with van der Waals surface area (Å²) in [7, 11) is 1.58. The van der Waals surface area contributed by atoms with E-state index in [0.29, 0.717) is 30.0 Å². The third-order valence-electron chi connectivity index (χ3n) is 3.50. The van der Waals surface area contributed by atoms with E-state index in [1.807, 2.05) is 19.1 Å². The zero-order chi connectivity index (χ0) is 18.9. The molecule has 2 aromatic carbocycles. The maximum atomic E-state index is 12.2. The van der Waals surface area contributed by atoms with Crippen molar-refractivity contribution in [3.63, 3.8) is 0 Å². The Kier molecular flexibility index (Phi) is 7.25. The van der Waals surface area contributed by atoms with Crippen LogP contribution < -0.4 is 16.0 Å². The number of amides is 2. The lowest BCUT2D eigenvalue weighted by Gasteiger charge is -2.10. The summed E-state index contributed by atoms with van der Waals surface area (Å²) in [5, 5.41) is 8.49. The minimum absolute atomic E-state index is 0.177. The second kappa shape index (κ2) is 9.65. The van der Waals surface area contributed by atoms with Gasteiger partial charge in [0, 0.05) is 30.5 Å². The van der Waals surface area contributed by atoms with Crippen molar-refractivity contribution in [1.29, 1.82) is 0 Å². The quantitative estimate of drug-likeness (QED) is 0.537. The Morgan fingerprint density at radius 2 is 1.77 bits per heavy atom. The van der Waals surface area contributed by atoms with E-state index < -0.39 is 0 Å². The van der Waals surface area contributed by atoms with Crippen LogP contribution >= 0.6 is 12.2 Å². The second-order valence-corrected chi connectivity index (χ2v) is 6.01. The number of rotatable bonds is 6. The number of hydrogen-bond donors (Lipinski definition) is 3. The third kappa shape index (κ3) is 5.94. The number of nitrogens with one attached hydrogen (secondary N) is 3. The molecule has 0 heterocycles. The standard InChI is InChI=1S/C19H21N3O3S/c1-13-4-3-5-15(12-13)18(24)22-19(26)21-16-8-6-14(7-9-16)17(23)20-10-11-25-2/h3-9,12H,10-11H2,1-2H3,(H,20,23)(H2,21,22,24,26). The van der Waals surface area contributed by atoms with Crippen LogP contribution in [0, 0.1) is 6.92 Å². The van der Waals surface area contributed by atoms with Crippen molar-refractivity contribution in [2.24, 2.45) is 0 Å². The number of aryl methyl sites for hydroxylation is 1. The van der Waals surface area contributed by atoms with Crippen LogP contribution in [-0.4, -0.2) is 37.2 Å². The molecule has 0 aliphatic carbocycles. The number of carbonyl (C=O) groups is 2. The van der Waals surface area contributed by atoms with Crippen LogP contribution in [-0.2, 0) is 4.74 Å². The highest BCUT2D eigenvalue weighted by Gasteiger charge is 2.09. The van der Waals surface area contributed by atoms with Gasteiger partial charge < -0.3 is 15.4 Å². The minimum Gasteiger partial charge on any atom is -0.383 e. The van der Waals surface area contributed by atoms with Crippen molar-refractivity contribution in [3.05, 3.63) is 65.2 Å². The average molecular weight is 371 g/mol. The predicted octanol–water partition coefficient (Wildman–Crippen LogP) is 2.50. The number of thiocarbonyl (C=S) groups is 1. The van der Waals surface area contributed by atoms with Gasteiger partial charge in [0.15, 0.2) is 5.11 Å². The van der Waals surface area contributed by atoms with Crippen LogP contribution in [0.2, 0.25) is 0 Å². The van der Waals surface area contributed by atoms with Crippen molar-refractivity contribution in [2.45, 2.75) is 6.92 Å². The van der Waals surface area contributed by atoms with Gasteiger partial charge >= 0.3 is 0 Å². The summed E-state index contributed by atoms with van der Waals surface area (Å²) in [4.78, 5) is 24.1. The second-order valence-electron chi connectivity index (χ2n) is 5.60. The summed E-state index contributed by atoms with van der Waals surface area (Å²) in [5.74, 6) is -0.454. The highest BCUT2D eigenvalue weighted by molar-refractivity contribution is 7.80. The van der Waals surface area contributed by atoms with Crippen molar-refractivity contribution >= 4 is 34.8 Å². The molecule has 0 atom stereocenters. The number of ether oxygens (including phenoxy) is 1. The van der Waals surface area contributed by atoms with Gasteiger partial charge in [-0.05, 0) is 55.5 Å². The Morgan fingerprint density at radius 1 is 1.04 bits per heavy atom. The lowest BCUT2D eigenvalue weighted by atomic mass is 10.1. The van der Waals surface area contributed by atoms with Gasteiger partial charge in [-0.25, -0.2) is 0 Å². The van der Waals surface area contributed by atoms with Crippen LogP contribution in [0.5, 0.6) is 0 Å². The van der Waals surface area contributed by atoms with E-state index in [-0.39, 0.29) is 16.9 Å². The normalized spacial score (nSPS) is 10.1. The molecular formula is C19H21N3O3S. The Bertz CT molecular complexity index is 791. The van der Waals surface area contributed by atoms with E-state index in [1.165, 1.54) is 0 Å². The minimum atomic E-state index is -0.277. The van der Waals surface area contributed by atoms with Crippen LogP contribution in [0.15, 0.2) is 48.5 Å². The van der Waals surface area contributed by atoms with E-state index in [4.69, 9.17) is 17.0 Å². The number of hydrogen-bond acceptors (Lipinski definition) is 4. The van der Waals surface area contributed by atoms with Crippen LogP contribution in [0.4, 0.5) is 5.69 Å². The molecule has 7 heteroatoms. The lowest BCUT2D eigenvalue weighted by molar-refractivity contribution is 0.0935. The Morgan fingerprint density at radius 3 is 2.42 bits per heavy atom. The summed E-state index contributed by atoms with van der Waals surface area (Å²) in [5.41, 5.74) is 2.74. The molecule has 0 saturated heterocycles. The molecule has 2 rings (SSSR count). The first kappa shape index (κ1) is 19.6. The van der Waals surface area contributed by atoms with Gasteiger partial charge in [-0.3, -0.25) is 14.9 Å². The fraction of sp³-hybridized carbons (Fsp3) is 0.211. The summed E-state index contributed by atoms with van der Waals surface area (Å²) >= 11 is 5.16. The third-order valence-corrected chi connectivity index (χ3v) is 3.71. The van der Waals surface area contributed by atoms with Crippen molar-refractivity contribution in [3.8, 4) is 0 Å². The van der Waals surface area contributed by atoms with Crippen molar-refractivity contribution in [2.75, 3.05) is 25.6 Å². The molecule has 0 fully saturated rings. The molecule has 0 spiro atoms. The molecule has 26 heavy (non-hydrogen) atoms. The summed E-state index contributed by atoms with van der Waals surface area (Å²) in [6, 6.07) is 14.0. The van der Waals surface area contributed by atoms with E-state index in [2.05, 4.69) is 16.0 Å². The van der Waals surface area contributed by atoms with Crippen molar-refractivity contribution in [1.82, 2.24) is 10.6 Å². The summed E-state index contributed by atoms with van der Waals surface area (Å²) in [6.07, 6.45) is 0. The monoisotopic (exact) mass is 371 g/mol. The molecule has 0 aliphatic rings. The maximum absolute atomic E-state index is 12.2. The maximum Gasteiger partial charge on any atom is 0.257 e. The molecule has 0 bridgehead atoms. The molecule has 3 N–H and O–H groups in total. The largest absolute Gasteiger partial charge is 0.383 e. The Labute approximate surface area is 157 Å². The Balaban J connectivity index is 1.89. The number of anilines is 1. The van der Waals surface area contributed by atoms with Crippen molar-refractivity contribution < 1.29 is 14.3 Å². The topological polar surface area (TPSA) is 79.5 Å². The van der Waals surface area contributed by atoms with Crippen LogP contribution in [0.3, 0.4) is 0 Å². The van der Waals surface area contributed by atoms with Crippen LogP contribution in [0.1, 0.15) is 26.3 Å². The Hall–Kier alpha value is -2.77. The van der Waals surface area contributed by atoms with Gasteiger partial charge in [0.25, 0.3) is 11.8 Å². The van der Waals surface area contributed by atoms with E-state index in [1.54, 1.807) is 43.5 Å². The fourth-order valence-electron chi connectivity index (χ4n) is 2.20. The molecule has 0 radical (unpaired) electrons. The summed E-state index contributed by atoms with van der Waals surface area (Å²) in [6.45, 7) is 2.82. The van der Waals surface area contributed by atoms with Gasteiger partial charge in [-0.15, -0.1) is 0 Å². The van der Waals surface area contributed by atoms with Gasteiger partial charge in [-0.2, -0.15) is 0 Å². The zero-order valence-corrected chi connectivity index (χ0v) is 15.5. The zero-order valence-electron chi connectivity index (χ0n) is 14.7. The molecule has 2 amide bonds. The highest BCUT2D eigenvalue weighted by atomic mass is 32.1. The first-order chi connectivity index (χ1) is 12.5. The molecule has 0 aromatic heterocycles. The van der Waals surface area contributed by atoms with Gasteiger partial charge in [-0.1, -0.05) is 17.7 Å². The van der Waals surface area contributed by atoms with E-state index in [9.17, 15) is 9.59 Å². The lowest BCUT2D eigenvalue weighted by Crippen LogP contribution is -2.34. The molecule has 0 unspecified atom stereocenters. The average Bonchev–Trinajstić information content (AvgIpc) is 2.62. The molecule has 136 valence electrons.